The molecular weight excluding hydrogens is 524 g/mol. The van der Waals surface area contributed by atoms with Crippen molar-refractivity contribution in [1.29, 1.82) is 0 Å². The number of carbonyl (C=O) groups is 1. The Hall–Kier alpha value is -2.05. The molecule has 160 valence electrons. The Balaban J connectivity index is 2.11. The van der Waals surface area contributed by atoms with Gasteiger partial charge < -0.3 is 9.73 Å². The Morgan fingerprint density at radius 1 is 1.30 bits per heavy atom. The Kier molecular flexibility index (Phi) is 7.42. The first kappa shape index (κ1) is 22.6. The average molecular weight is 545 g/mol. The molecule has 0 bridgehead atoms. The number of hydrogen-bond donors (Lipinski definition) is 2. The summed E-state index contributed by atoms with van der Waals surface area (Å²) in [6.07, 6.45) is 1.62. The summed E-state index contributed by atoms with van der Waals surface area (Å²) in [5.74, 6) is -0.474. The number of hydrogen-bond acceptors (Lipinski definition) is 5. The van der Waals surface area contributed by atoms with Gasteiger partial charge in [0, 0.05) is 22.7 Å². The van der Waals surface area contributed by atoms with E-state index >= 15 is 0 Å². The summed E-state index contributed by atoms with van der Waals surface area (Å²) in [6.45, 7) is 2.52. The third-order valence-electron chi connectivity index (χ3n) is 4.60. The molecule has 1 amide bonds. The van der Waals surface area contributed by atoms with E-state index in [9.17, 15) is 17.6 Å². The van der Waals surface area contributed by atoms with Crippen LogP contribution in [0, 0.1) is 9.39 Å². The summed E-state index contributed by atoms with van der Waals surface area (Å²) < 4.78 is 44.5. The molecule has 10 heteroatoms. The van der Waals surface area contributed by atoms with Crippen LogP contribution in [-0.2, 0) is 17.4 Å². The lowest BCUT2D eigenvalue weighted by molar-refractivity contribution is 0.0964. The maximum Gasteiger partial charge on any atom is 0.255 e. The molecule has 0 radical (unpaired) electrons. The topological polar surface area (TPSA) is 92.5 Å². The Bertz CT molecular complexity index is 1140. The van der Waals surface area contributed by atoms with Crippen LogP contribution in [0.1, 0.15) is 35.8 Å². The minimum absolute atomic E-state index is 0.120. The summed E-state index contributed by atoms with van der Waals surface area (Å²) in [5, 5.41) is 3.10. The van der Waals surface area contributed by atoms with Gasteiger partial charge in [-0.2, -0.15) is 4.31 Å². The molecule has 30 heavy (non-hydrogen) atoms. The zero-order valence-electron chi connectivity index (χ0n) is 16.4. The van der Waals surface area contributed by atoms with E-state index in [4.69, 9.17) is 4.42 Å². The molecule has 0 aliphatic heterocycles. The number of pyridine rings is 1. The molecule has 3 rings (SSSR count). The molecule has 2 aromatic heterocycles. The number of amides is 1. The largest absolute Gasteiger partial charge is 0.437 e. The van der Waals surface area contributed by atoms with Crippen LogP contribution in [0.15, 0.2) is 34.7 Å². The number of furan rings is 1. The zero-order valence-corrected chi connectivity index (χ0v) is 19.5. The van der Waals surface area contributed by atoms with Gasteiger partial charge >= 0.3 is 0 Å². The molecule has 0 saturated heterocycles. The number of carbonyl (C=O) groups excluding carboxylic acids is 1. The van der Waals surface area contributed by atoms with Gasteiger partial charge in [0.25, 0.3) is 5.91 Å². The minimum Gasteiger partial charge on any atom is -0.437 e. The van der Waals surface area contributed by atoms with E-state index in [1.165, 1.54) is 35.6 Å². The van der Waals surface area contributed by atoms with Crippen molar-refractivity contribution in [3.63, 3.8) is 0 Å². The number of fused-ring (bicyclic) bond motifs is 1. The lowest BCUT2D eigenvalue weighted by atomic mass is 10.1. The number of halogens is 2. The highest BCUT2D eigenvalue weighted by Gasteiger charge is 2.24. The van der Waals surface area contributed by atoms with Gasteiger partial charge in [-0.3, -0.25) is 4.79 Å². The number of unbranched alkanes of at least 4 members (excludes halogenated alkanes) is 1. The molecule has 0 saturated carbocycles. The maximum absolute atomic E-state index is 13.3. The first-order chi connectivity index (χ1) is 14.3. The first-order valence-corrected chi connectivity index (χ1v) is 11.6. The Morgan fingerprint density at radius 2 is 2.00 bits per heavy atom. The van der Waals surface area contributed by atoms with E-state index in [0.717, 1.165) is 16.4 Å². The van der Waals surface area contributed by atoms with Crippen molar-refractivity contribution in [2.45, 2.75) is 26.3 Å². The van der Waals surface area contributed by atoms with Crippen molar-refractivity contribution in [2.75, 3.05) is 13.6 Å². The van der Waals surface area contributed by atoms with Gasteiger partial charge in [-0.1, -0.05) is 13.3 Å². The molecule has 2 heterocycles. The second-order valence-corrected chi connectivity index (χ2v) is 8.84. The fourth-order valence-electron chi connectivity index (χ4n) is 3.03. The average Bonchev–Trinajstić information content (AvgIpc) is 3.08. The second-order valence-electron chi connectivity index (χ2n) is 6.64. The van der Waals surface area contributed by atoms with Crippen LogP contribution in [0.4, 0.5) is 4.39 Å². The van der Waals surface area contributed by atoms with E-state index in [1.54, 1.807) is 6.07 Å². The SMILES string of the molecule is CCCCN(Cc1nc2oc(-c3ccc(F)cc3)c(C(=O)NC)c2cc1I)[SH](=O)=O. The van der Waals surface area contributed by atoms with Crippen LogP contribution >= 0.6 is 22.6 Å². The quantitative estimate of drug-likeness (QED) is 0.333. The summed E-state index contributed by atoms with van der Waals surface area (Å²) >= 11 is 2.07. The standard InChI is InChI=1S/C20H21FIN3O4S/c1-3-4-9-25(30(27)28)11-16-15(22)10-14-17(19(26)23-2)18(29-20(14)24-16)12-5-7-13(21)8-6-12/h5-8,10,30H,3-4,9,11H2,1-2H3,(H,23,26). The number of nitrogens with one attached hydrogen (secondary N) is 1. The van der Waals surface area contributed by atoms with Crippen molar-refractivity contribution < 1.29 is 22.0 Å². The molecule has 1 N–H and O–H groups in total. The van der Waals surface area contributed by atoms with Crippen LogP contribution in [-0.4, -0.2) is 37.2 Å². The fraction of sp³-hybridized carbons (Fsp3) is 0.300. The molecular formula is C20H21FIN3O4S. The van der Waals surface area contributed by atoms with E-state index in [2.05, 4.69) is 32.9 Å². The predicted octanol–water partition coefficient (Wildman–Crippen LogP) is 3.73. The van der Waals surface area contributed by atoms with Gasteiger partial charge in [-0.15, -0.1) is 0 Å². The highest BCUT2D eigenvalue weighted by Crippen LogP contribution is 2.34. The first-order valence-electron chi connectivity index (χ1n) is 9.34. The number of rotatable bonds is 8. The molecule has 0 aliphatic carbocycles. The molecule has 0 spiro atoms. The van der Waals surface area contributed by atoms with Crippen molar-refractivity contribution in [3.05, 3.63) is 51.0 Å². The van der Waals surface area contributed by atoms with Crippen molar-refractivity contribution in [3.8, 4) is 11.3 Å². The summed E-state index contributed by atoms with van der Waals surface area (Å²) in [4.78, 5) is 17.1. The van der Waals surface area contributed by atoms with Gasteiger partial charge in [0.1, 0.15) is 11.6 Å². The monoisotopic (exact) mass is 545 g/mol. The summed E-state index contributed by atoms with van der Waals surface area (Å²) in [7, 11) is -1.24. The number of nitrogens with zero attached hydrogens (tertiary/aromatic N) is 2. The molecule has 0 unspecified atom stereocenters. The third kappa shape index (κ3) is 4.81. The molecule has 7 nitrogen and oxygen atoms in total. The van der Waals surface area contributed by atoms with Gasteiger partial charge in [-0.05, 0) is 59.3 Å². The molecule has 0 aliphatic rings. The number of thiol groups is 1. The highest BCUT2D eigenvalue weighted by atomic mass is 127. The Labute approximate surface area is 188 Å². The highest BCUT2D eigenvalue weighted by molar-refractivity contribution is 14.1. The lowest BCUT2D eigenvalue weighted by Crippen LogP contribution is -2.23. The van der Waals surface area contributed by atoms with Gasteiger partial charge in [0.05, 0.1) is 23.2 Å². The second kappa shape index (κ2) is 9.84. The zero-order chi connectivity index (χ0) is 21.8. The van der Waals surface area contributed by atoms with Crippen molar-refractivity contribution >= 4 is 50.5 Å². The van der Waals surface area contributed by atoms with E-state index in [1.807, 2.05) is 6.92 Å². The van der Waals surface area contributed by atoms with Crippen LogP contribution in [0.2, 0.25) is 0 Å². The van der Waals surface area contributed by atoms with E-state index < -0.39 is 16.7 Å². The maximum atomic E-state index is 13.3. The molecule has 1 aromatic carbocycles. The third-order valence-corrected chi connectivity index (χ3v) is 6.34. The van der Waals surface area contributed by atoms with Crippen LogP contribution < -0.4 is 5.32 Å². The van der Waals surface area contributed by atoms with Crippen molar-refractivity contribution in [2.24, 2.45) is 0 Å². The fourth-order valence-corrected chi connectivity index (χ4v) is 4.19. The molecule has 0 atom stereocenters. The van der Waals surface area contributed by atoms with Crippen LogP contribution in [0.3, 0.4) is 0 Å². The molecule has 0 fully saturated rings. The van der Waals surface area contributed by atoms with Crippen LogP contribution in [0.5, 0.6) is 0 Å². The van der Waals surface area contributed by atoms with E-state index in [-0.39, 0.29) is 23.9 Å². The Morgan fingerprint density at radius 3 is 2.60 bits per heavy atom. The predicted molar refractivity (Wildman–Crippen MR) is 121 cm³/mol. The summed E-state index contributed by atoms with van der Waals surface area (Å²) in [6, 6.07) is 7.39. The minimum atomic E-state index is -2.75. The lowest BCUT2D eigenvalue weighted by Gasteiger charge is -2.15. The van der Waals surface area contributed by atoms with E-state index in [0.29, 0.717) is 28.8 Å². The normalized spacial score (nSPS) is 11.5. The smallest absolute Gasteiger partial charge is 0.255 e. The number of aromatic nitrogens is 1. The van der Waals surface area contributed by atoms with Crippen LogP contribution in [0.25, 0.3) is 22.4 Å². The van der Waals surface area contributed by atoms with Gasteiger partial charge in [0.15, 0.2) is 0 Å². The number of benzene rings is 1. The molecule has 3 aromatic rings. The van der Waals surface area contributed by atoms with Gasteiger partial charge in [0.2, 0.25) is 16.6 Å². The van der Waals surface area contributed by atoms with Crippen molar-refractivity contribution in [1.82, 2.24) is 14.6 Å². The summed E-state index contributed by atoms with van der Waals surface area (Å²) in [5.41, 5.74) is 1.60. The van der Waals surface area contributed by atoms with Gasteiger partial charge in [-0.25, -0.2) is 17.8 Å².